The first-order valence-electron chi connectivity index (χ1n) is 11.9. The summed E-state index contributed by atoms with van der Waals surface area (Å²) in [6.07, 6.45) is 2.68. The fourth-order valence-electron chi connectivity index (χ4n) is 4.01. The van der Waals surface area contributed by atoms with Gasteiger partial charge in [0.2, 0.25) is 0 Å². The maximum atomic E-state index is 13.3. The minimum atomic E-state index is -0.348. The molecule has 1 aromatic heterocycles. The largest absolute Gasteiger partial charge is 0.372 e. The van der Waals surface area contributed by atoms with E-state index in [0.29, 0.717) is 34.3 Å². The number of amides is 1. The van der Waals surface area contributed by atoms with Crippen molar-refractivity contribution in [3.8, 4) is 11.8 Å². The van der Waals surface area contributed by atoms with E-state index in [0.717, 1.165) is 30.8 Å². The number of aromatic nitrogens is 2. The Morgan fingerprint density at radius 3 is 2.29 bits per heavy atom. The molecule has 0 saturated carbocycles. The second kappa shape index (κ2) is 14.7. The third kappa shape index (κ3) is 6.89. The zero-order chi connectivity index (χ0) is 28.1. The van der Waals surface area contributed by atoms with Gasteiger partial charge in [0.1, 0.15) is 19.4 Å². The van der Waals surface area contributed by atoms with Crippen LogP contribution in [0.2, 0.25) is 0 Å². The fraction of sp³-hybridized carbons (Fsp3) is 0.207. The lowest BCUT2D eigenvalue weighted by Crippen LogP contribution is -2.24. The topological polar surface area (TPSA) is 108 Å². The van der Waals surface area contributed by atoms with Gasteiger partial charge in [-0.25, -0.2) is 9.07 Å². The van der Waals surface area contributed by atoms with Crippen molar-refractivity contribution in [2.45, 2.75) is 26.8 Å². The molecule has 0 bridgehead atoms. The van der Waals surface area contributed by atoms with Crippen LogP contribution in [-0.4, -0.2) is 42.4 Å². The highest BCUT2D eigenvalue weighted by molar-refractivity contribution is 6.07. The summed E-state index contributed by atoms with van der Waals surface area (Å²) in [7, 11) is 0. The van der Waals surface area contributed by atoms with Gasteiger partial charge in [-0.1, -0.05) is 19.1 Å². The van der Waals surface area contributed by atoms with Crippen molar-refractivity contribution < 1.29 is 18.8 Å². The lowest BCUT2D eigenvalue weighted by Gasteiger charge is -2.22. The Morgan fingerprint density at radius 1 is 1.05 bits per heavy atom. The zero-order valence-electron chi connectivity index (χ0n) is 21.5. The molecule has 0 fully saturated rings. The van der Waals surface area contributed by atoms with Crippen LogP contribution in [0.1, 0.15) is 41.8 Å². The second-order valence-electron chi connectivity index (χ2n) is 8.03. The van der Waals surface area contributed by atoms with Crippen molar-refractivity contribution in [3.63, 3.8) is 0 Å². The predicted octanol–water partition coefficient (Wildman–Crippen LogP) is 4.83. The Kier molecular flexibility index (Phi) is 11.3. The molecular formula is C29H30FN5O3. The highest BCUT2D eigenvalue weighted by atomic mass is 19.1. The van der Waals surface area contributed by atoms with Gasteiger partial charge in [0, 0.05) is 30.7 Å². The van der Waals surface area contributed by atoms with Crippen molar-refractivity contribution in [2.24, 2.45) is 0 Å². The van der Waals surface area contributed by atoms with Crippen LogP contribution in [0.3, 0.4) is 0 Å². The Morgan fingerprint density at radius 2 is 1.71 bits per heavy atom. The number of carbonyl (C=O) groups excluding carboxylic acids is 3. The van der Waals surface area contributed by atoms with Gasteiger partial charge in [0.05, 0.1) is 34.6 Å². The SMILES string of the molecule is C=O.C=O.CCCN(CC)c1ccc(CNC(=O)c2cc(C#N)cc3c2cnn3-c2ccc(F)cc2)cc1. The van der Waals surface area contributed by atoms with Gasteiger partial charge < -0.3 is 19.8 Å². The molecule has 4 aromatic rings. The van der Waals surface area contributed by atoms with Crippen molar-refractivity contribution in [1.29, 1.82) is 5.26 Å². The van der Waals surface area contributed by atoms with Gasteiger partial charge in [-0.05, 0) is 67.4 Å². The number of anilines is 1. The molecule has 0 saturated heterocycles. The Labute approximate surface area is 221 Å². The van der Waals surface area contributed by atoms with Crippen LogP contribution >= 0.6 is 0 Å². The molecule has 0 atom stereocenters. The molecule has 0 unspecified atom stereocenters. The van der Waals surface area contributed by atoms with Crippen molar-refractivity contribution in [1.82, 2.24) is 15.1 Å². The molecule has 38 heavy (non-hydrogen) atoms. The van der Waals surface area contributed by atoms with Gasteiger partial charge in [-0.15, -0.1) is 0 Å². The molecule has 0 spiro atoms. The van der Waals surface area contributed by atoms with Crippen LogP contribution in [0, 0.1) is 17.1 Å². The smallest absolute Gasteiger partial charge is 0.252 e. The number of nitriles is 1. The number of benzene rings is 3. The maximum absolute atomic E-state index is 13.3. The number of hydrogen-bond donors (Lipinski definition) is 1. The van der Waals surface area contributed by atoms with Crippen molar-refractivity contribution >= 4 is 36.1 Å². The molecule has 196 valence electrons. The van der Waals surface area contributed by atoms with Crippen LogP contribution in [0.15, 0.2) is 66.9 Å². The average molecular weight is 516 g/mol. The van der Waals surface area contributed by atoms with Crippen LogP contribution in [0.25, 0.3) is 16.6 Å². The normalized spacial score (nSPS) is 9.84. The van der Waals surface area contributed by atoms with Crippen molar-refractivity contribution in [3.05, 3.63) is 89.4 Å². The summed E-state index contributed by atoms with van der Waals surface area (Å²) in [5.41, 5.74) is 4.12. The van der Waals surface area contributed by atoms with E-state index in [1.165, 1.54) is 12.1 Å². The van der Waals surface area contributed by atoms with E-state index >= 15 is 0 Å². The second-order valence-corrected chi connectivity index (χ2v) is 8.03. The molecule has 8 nitrogen and oxygen atoms in total. The number of nitrogens with zero attached hydrogens (tertiary/aromatic N) is 4. The maximum Gasteiger partial charge on any atom is 0.252 e. The number of nitrogens with one attached hydrogen (secondary N) is 1. The molecule has 0 aliphatic heterocycles. The third-order valence-electron chi connectivity index (χ3n) is 5.76. The first-order chi connectivity index (χ1) is 18.5. The summed E-state index contributed by atoms with van der Waals surface area (Å²) in [6, 6.07) is 19.4. The van der Waals surface area contributed by atoms with Crippen LogP contribution in [0.4, 0.5) is 10.1 Å². The zero-order valence-corrected chi connectivity index (χ0v) is 21.5. The monoisotopic (exact) mass is 515 g/mol. The number of rotatable bonds is 8. The predicted molar refractivity (Wildman–Crippen MR) is 146 cm³/mol. The quantitative estimate of drug-likeness (QED) is 0.360. The summed E-state index contributed by atoms with van der Waals surface area (Å²) in [5.74, 6) is -0.634. The van der Waals surface area contributed by atoms with Crippen molar-refractivity contribution in [2.75, 3.05) is 18.0 Å². The van der Waals surface area contributed by atoms with E-state index in [9.17, 15) is 14.4 Å². The summed E-state index contributed by atoms with van der Waals surface area (Å²) < 4.78 is 14.9. The lowest BCUT2D eigenvalue weighted by atomic mass is 10.1. The number of carbonyl (C=O) groups is 3. The average Bonchev–Trinajstić information content (AvgIpc) is 3.41. The number of hydrogen-bond acceptors (Lipinski definition) is 6. The van der Waals surface area contributed by atoms with Crippen LogP contribution in [0.5, 0.6) is 0 Å². The third-order valence-corrected chi connectivity index (χ3v) is 5.76. The van der Waals surface area contributed by atoms with Crippen LogP contribution < -0.4 is 10.2 Å². The molecule has 4 rings (SSSR count). The van der Waals surface area contributed by atoms with Crippen LogP contribution in [-0.2, 0) is 16.1 Å². The van der Waals surface area contributed by atoms with Gasteiger partial charge >= 0.3 is 0 Å². The van der Waals surface area contributed by atoms with E-state index in [2.05, 4.69) is 47.4 Å². The first kappa shape index (κ1) is 29.4. The molecule has 1 amide bonds. The molecule has 3 aromatic carbocycles. The highest BCUT2D eigenvalue weighted by Crippen LogP contribution is 2.24. The summed E-state index contributed by atoms with van der Waals surface area (Å²) in [5, 5.41) is 17.5. The summed E-state index contributed by atoms with van der Waals surface area (Å²) in [6.45, 7) is 10.6. The highest BCUT2D eigenvalue weighted by Gasteiger charge is 2.16. The Bertz CT molecular complexity index is 1380. The summed E-state index contributed by atoms with van der Waals surface area (Å²) >= 11 is 0. The number of fused-ring (bicyclic) bond motifs is 1. The number of halogens is 1. The summed E-state index contributed by atoms with van der Waals surface area (Å²) in [4.78, 5) is 31.4. The first-order valence-corrected chi connectivity index (χ1v) is 11.9. The standard InChI is InChI=1S/C27H26FN5O.2CH2O/c1-3-13-32(4-2)22-9-5-19(6-10-22)17-30-27(34)24-14-20(16-29)15-26-25(24)18-31-33(26)23-11-7-21(28)8-12-23;2*1-2/h5-12,14-15,18H,3-4,13,17H2,1-2H3,(H,30,34);2*1H2. The molecule has 1 heterocycles. The van der Waals surface area contributed by atoms with Gasteiger partial charge in [0.15, 0.2) is 0 Å². The molecule has 1 N–H and O–H groups in total. The van der Waals surface area contributed by atoms with Gasteiger partial charge in [-0.2, -0.15) is 10.4 Å². The molecular weight excluding hydrogens is 485 g/mol. The van der Waals surface area contributed by atoms with E-state index in [-0.39, 0.29) is 11.7 Å². The van der Waals surface area contributed by atoms with E-state index < -0.39 is 0 Å². The molecule has 0 aliphatic rings. The molecule has 0 radical (unpaired) electrons. The molecule has 9 heteroatoms. The lowest BCUT2D eigenvalue weighted by molar-refractivity contribution is -0.0987. The Balaban J connectivity index is 0.00000121. The fourth-order valence-corrected chi connectivity index (χ4v) is 4.01. The van der Waals surface area contributed by atoms with E-state index in [1.807, 2.05) is 25.7 Å². The van der Waals surface area contributed by atoms with Gasteiger partial charge in [0.25, 0.3) is 5.91 Å². The molecule has 0 aliphatic carbocycles. The van der Waals surface area contributed by atoms with Gasteiger partial charge in [-0.3, -0.25) is 4.79 Å². The van der Waals surface area contributed by atoms with E-state index in [1.54, 1.807) is 35.1 Å². The Hall–Kier alpha value is -4.84. The van der Waals surface area contributed by atoms with E-state index in [4.69, 9.17) is 9.59 Å². The minimum absolute atomic E-state index is 0.286. The minimum Gasteiger partial charge on any atom is -0.372 e.